The second-order valence-electron chi connectivity index (χ2n) is 9.08. The number of hydrogen-bond donors (Lipinski definition) is 1. The van der Waals surface area contributed by atoms with Crippen LogP contribution in [0.2, 0.25) is 5.02 Å². The molecule has 37 heavy (non-hydrogen) atoms. The predicted molar refractivity (Wildman–Crippen MR) is 150 cm³/mol. The fraction of sp³-hybridized carbons (Fsp3) is 0.172. The van der Waals surface area contributed by atoms with Crippen LogP contribution in [-0.2, 0) is 6.54 Å². The SMILES string of the molecule is O=c1oc2c(CN3CCN(c4cccc(Cl)c4)CC3)c(O)ccc2cc1-c1nc(-c2ccccc2)cs1. The van der Waals surface area contributed by atoms with Gasteiger partial charge in [0, 0.05) is 59.8 Å². The number of aromatic nitrogens is 1. The molecule has 3 heterocycles. The predicted octanol–water partition coefficient (Wildman–Crippen LogP) is 6.26. The molecule has 1 N–H and O–H groups in total. The summed E-state index contributed by atoms with van der Waals surface area (Å²) in [4.78, 5) is 22.3. The van der Waals surface area contributed by atoms with Crippen molar-refractivity contribution in [3.63, 3.8) is 0 Å². The maximum Gasteiger partial charge on any atom is 0.346 e. The van der Waals surface area contributed by atoms with Crippen LogP contribution in [0.5, 0.6) is 5.75 Å². The number of aromatic hydroxyl groups is 1. The summed E-state index contributed by atoms with van der Waals surface area (Å²) in [5.74, 6) is 0.126. The van der Waals surface area contributed by atoms with Crippen LogP contribution in [-0.4, -0.2) is 41.2 Å². The minimum Gasteiger partial charge on any atom is -0.507 e. The second kappa shape index (κ2) is 10.0. The van der Waals surface area contributed by atoms with E-state index in [9.17, 15) is 9.90 Å². The molecule has 6 nitrogen and oxygen atoms in total. The molecule has 3 aromatic carbocycles. The molecule has 2 aromatic heterocycles. The number of nitrogens with zero attached hydrogens (tertiary/aromatic N) is 3. The monoisotopic (exact) mass is 529 g/mol. The molecule has 1 fully saturated rings. The van der Waals surface area contributed by atoms with E-state index in [0.29, 0.717) is 28.3 Å². The van der Waals surface area contributed by atoms with Crippen LogP contribution >= 0.6 is 22.9 Å². The third-order valence-electron chi connectivity index (χ3n) is 6.71. The fourth-order valence-electron chi connectivity index (χ4n) is 4.73. The minimum atomic E-state index is -0.459. The number of phenols is 1. The van der Waals surface area contributed by atoms with Crippen molar-refractivity contribution in [3.8, 4) is 27.6 Å². The molecule has 5 aromatic rings. The van der Waals surface area contributed by atoms with Crippen molar-refractivity contribution in [2.75, 3.05) is 31.1 Å². The highest BCUT2D eigenvalue weighted by molar-refractivity contribution is 7.13. The Morgan fingerprint density at radius 2 is 1.78 bits per heavy atom. The zero-order valence-electron chi connectivity index (χ0n) is 19.9. The van der Waals surface area contributed by atoms with Crippen LogP contribution in [0.1, 0.15) is 5.56 Å². The topological polar surface area (TPSA) is 69.8 Å². The van der Waals surface area contributed by atoms with Gasteiger partial charge in [-0.3, -0.25) is 4.90 Å². The average molecular weight is 530 g/mol. The Kier molecular flexibility index (Phi) is 6.42. The largest absolute Gasteiger partial charge is 0.507 e. The highest BCUT2D eigenvalue weighted by atomic mass is 35.5. The molecular formula is C29H24ClN3O3S. The van der Waals surface area contributed by atoms with Gasteiger partial charge in [-0.2, -0.15) is 0 Å². The number of rotatable bonds is 5. The first-order chi connectivity index (χ1) is 18.0. The van der Waals surface area contributed by atoms with Crippen molar-refractivity contribution in [2.45, 2.75) is 6.54 Å². The summed E-state index contributed by atoms with van der Waals surface area (Å²) in [6.07, 6.45) is 0. The van der Waals surface area contributed by atoms with Crippen LogP contribution in [0.3, 0.4) is 0 Å². The lowest BCUT2D eigenvalue weighted by Crippen LogP contribution is -2.46. The number of thiazole rings is 1. The zero-order chi connectivity index (χ0) is 25.4. The summed E-state index contributed by atoms with van der Waals surface area (Å²) >= 11 is 7.57. The summed E-state index contributed by atoms with van der Waals surface area (Å²) < 4.78 is 5.82. The number of anilines is 1. The Labute approximate surface area is 223 Å². The molecule has 0 bridgehead atoms. The van der Waals surface area contributed by atoms with E-state index < -0.39 is 5.63 Å². The lowest BCUT2D eigenvalue weighted by atomic mass is 10.1. The molecule has 0 saturated carbocycles. The van der Waals surface area contributed by atoms with Crippen LogP contribution < -0.4 is 10.5 Å². The Hall–Kier alpha value is -3.65. The first-order valence-electron chi connectivity index (χ1n) is 12.1. The normalized spacial score (nSPS) is 14.4. The standard InChI is InChI=1S/C29H24ClN3O3S/c30-21-7-4-8-22(16-21)33-13-11-32(12-14-33)17-24-26(34)10-9-20-15-23(29(35)36-27(20)24)28-31-25(18-37-28)19-5-2-1-3-6-19/h1-10,15-16,18,34H,11-14,17H2. The molecule has 8 heteroatoms. The number of hydrogen-bond acceptors (Lipinski definition) is 7. The third kappa shape index (κ3) is 4.85. The third-order valence-corrected chi connectivity index (χ3v) is 7.82. The van der Waals surface area contributed by atoms with Gasteiger partial charge in [0.05, 0.1) is 16.8 Å². The molecular weight excluding hydrogens is 506 g/mol. The van der Waals surface area contributed by atoms with Crippen molar-refractivity contribution in [3.05, 3.63) is 99.2 Å². The van der Waals surface area contributed by atoms with Gasteiger partial charge in [0.15, 0.2) is 0 Å². The van der Waals surface area contributed by atoms with Gasteiger partial charge in [0.1, 0.15) is 16.3 Å². The molecule has 0 unspecified atom stereocenters. The minimum absolute atomic E-state index is 0.126. The summed E-state index contributed by atoms with van der Waals surface area (Å²) in [6, 6.07) is 23.0. The zero-order valence-corrected chi connectivity index (χ0v) is 21.5. The maximum atomic E-state index is 13.0. The van der Waals surface area contributed by atoms with Crippen molar-refractivity contribution in [1.82, 2.24) is 9.88 Å². The van der Waals surface area contributed by atoms with Gasteiger partial charge in [0.25, 0.3) is 0 Å². The molecule has 1 saturated heterocycles. The quantitative estimate of drug-likeness (QED) is 0.271. The van der Waals surface area contributed by atoms with Crippen LogP contribution in [0.4, 0.5) is 5.69 Å². The summed E-state index contributed by atoms with van der Waals surface area (Å²) in [5.41, 5.74) is 3.94. The molecule has 0 atom stereocenters. The van der Waals surface area contributed by atoms with Gasteiger partial charge in [-0.25, -0.2) is 9.78 Å². The number of phenolic OH excluding ortho intramolecular Hbond substituents is 1. The Bertz CT molecular complexity index is 1630. The maximum absolute atomic E-state index is 13.0. The summed E-state index contributed by atoms with van der Waals surface area (Å²) in [6.45, 7) is 3.80. The van der Waals surface area contributed by atoms with E-state index in [4.69, 9.17) is 16.0 Å². The smallest absolute Gasteiger partial charge is 0.346 e. The Morgan fingerprint density at radius 3 is 2.57 bits per heavy atom. The number of fused-ring (bicyclic) bond motifs is 1. The van der Waals surface area contributed by atoms with E-state index in [-0.39, 0.29) is 5.75 Å². The van der Waals surface area contributed by atoms with Gasteiger partial charge in [-0.05, 0) is 36.4 Å². The molecule has 0 aliphatic carbocycles. The average Bonchev–Trinajstić information content (AvgIpc) is 3.41. The number of benzene rings is 3. The highest BCUT2D eigenvalue weighted by Crippen LogP contribution is 2.33. The Balaban J connectivity index is 1.25. The van der Waals surface area contributed by atoms with E-state index in [2.05, 4.69) is 20.9 Å². The van der Waals surface area contributed by atoms with Gasteiger partial charge in [-0.1, -0.05) is 48.0 Å². The van der Waals surface area contributed by atoms with Gasteiger partial charge >= 0.3 is 5.63 Å². The molecule has 1 aliphatic rings. The van der Waals surface area contributed by atoms with Crippen LogP contribution in [0.15, 0.2) is 87.4 Å². The van der Waals surface area contributed by atoms with Crippen molar-refractivity contribution >= 4 is 39.6 Å². The van der Waals surface area contributed by atoms with Crippen molar-refractivity contribution in [1.29, 1.82) is 0 Å². The van der Waals surface area contributed by atoms with E-state index in [1.165, 1.54) is 11.3 Å². The lowest BCUT2D eigenvalue weighted by molar-refractivity contribution is 0.246. The Morgan fingerprint density at radius 1 is 0.973 bits per heavy atom. The number of halogens is 1. The fourth-order valence-corrected chi connectivity index (χ4v) is 5.75. The second-order valence-corrected chi connectivity index (χ2v) is 10.4. The van der Waals surface area contributed by atoms with Crippen LogP contribution in [0, 0.1) is 0 Å². The van der Waals surface area contributed by atoms with E-state index in [1.54, 1.807) is 12.1 Å². The molecule has 1 aliphatic heterocycles. The first kappa shape index (κ1) is 23.7. The van der Waals surface area contributed by atoms with Crippen molar-refractivity contribution < 1.29 is 9.52 Å². The van der Waals surface area contributed by atoms with Crippen molar-refractivity contribution in [2.24, 2.45) is 0 Å². The van der Waals surface area contributed by atoms with E-state index >= 15 is 0 Å². The lowest BCUT2D eigenvalue weighted by Gasteiger charge is -2.36. The van der Waals surface area contributed by atoms with E-state index in [1.807, 2.05) is 60.0 Å². The molecule has 0 radical (unpaired) electrons. The number of piperazine rings is 1. The first-order valence-corrected chi connectivity index (χ1v) is 13.3. The summed E-state index contributed by atoms with van der Waals surface area (Å²) in [5, 5.41) is 14.7. The van der Waals surface area contributed by atoms with Crippen LogP contribution in [0.25, 0.3) is 32.8 Å². The molecule has 186 valence electrons. The highest BCUT2D eigenvalue weighted by Gasteiger charge is 2.22. The van der Waals surface area contributed by atoms with Gasteiger partial charge < -0.3 is 14.4 Å². The van der Waals surface area contributed by atoms with Gasteiger partial charge in [0.2, 0.25) is 0 Å². The molecule has 0 spiro atoms. The molecule has 0 amide bonds. The van der Waals surface area contributed by atoms with Gasteiger partial charge in [-0.15, -0.1) is 11.3 Å². The van der Waals surface area contributed by atoms with E-state index in [0.717, 1.165) is 53.5 Å². The molecule has 6 rings (SSSR count). The summed E-state index contributed by atoms with van der Waals surface area (Å²) in [7, 11) is 0.